The summed E-state index contributed by atoms with van der Waals surface area (Å²) in [5, 5.41) is 10.5. The molecule has 0 saturated carbocycles. The Kier molecular flexibility index (Phi) is 4.09. The van der Waals surface area contributed by atoms with Crippen LogP contribution in [0.2, 0.25) is 0 Å². The SMILES string of the molecule is CN(CCN1CCCC1)c1ccc([N+](=O)[O-])cn1. The van der Waals surface area contributed by atoms with Crippen molar-refractivity contribution in [2.75, 3.05) is 38.1 Å². The van der Waals surface area contributed by atoms with Crippen LogP contribution >= 0.6 is 0 Å². The third-order valence-electron chi connectivity index (χ3n) is 3.28. The van der Waals surface area contributed by atoms with E-state index in [0.717, 1.165) is 18.9 Å². The molecule has 1 fully saturated rings. The molecule has 98 valence electrons. The first-order valence-corrected chi connectivity index (χ1v) is 6.21. The molecule has 0 atom stereocenters. The zero-order valence-electron chi connectivity index (χ0n) is 10.6. The number of rotatable bonds is 5. The first-order chi connectivity index (χ1) is 8.66. The van der Waals surface area contributed by atoms with E-state index in [0.29, 0.717) is 0 Å². The van der Waals surface area contributed by atoms with Gasteiger partial charge in [0.2, 0.25) is 0 Å². The van der Waals surface area contributed by atoms with Crippen molar-refractivity contribution in [2.45, 2.75) is 12.8 Å². The average Bonchev–Trinajstić information content (AvgIpc) is 2.89. The third kappa shape index (κ3) is 3.16. The van der Waals surface area contributed by atoms with E-state index < -0.39 is 4.92 Å². The smallest absolute Gasteiger partial charge is 0.287 e. The average molecular weight is 250 g/mol. The summed E-state index contributed by atoms with van der Waals surface area (Å²) in [7, 11) is 1.96. The van der Waals surface area contributed by atoms with E-state index in [9.17, 15) is 10.1 Å². The monoisotopic (exact) mass is 250 g/mol. The minimum Gasteiger partial charge on any atom is -0.358 e. The highest BCUT2D eigenvalue weighted by Crippen LogP contribution is 2.15. The molecule has 0 N–H and O–H groups in total. The normalized spacial score (nSPS) is 15.8. The zero-order chi connectivity index (χ0) is 13.0. The van der Waals surface area contributed by atoms with E-state index >= 15 is 0 Å². The fourth-order valence-corrected chi connectivity index (χ4v) is 2.12. The highest BCUT2D eigenvalue weighted by Gasteiger charge is 2.13. The molecule has 0 aliphatic carbocycles. The molecule has 6 nitrogen and oxygen atoms in total. The van der Waals surface area contributed by atoms with Crippen molar-refractivity contribution in [3.8, 4) is 0 Å². The number of nitro groups is 1. The van der Waals surface area contributed by atoms with E-state index in [1.807, 2.05) is 11.9 Å². The van der Waals surface area contributed by atoms with Crippen LogP contribution in [-0.4, -0.2) is 48.0 Å². The lowest BCUT2D eigenvalue weighted by atomic mass is 10.4. The predicted octanol–water partition coefficient (Wildman–Crippen LogP) is 1.52. The van der Waals surface area contributed by atoms with Gasteiger partial charge in [-0.05, 0) is 32.0 Å². The summed E-state index contributed by atoms with van der Waals surface area (Å²) in [4.78, 5) is 18.7. The Labute approximate surface area is 106 Å². The van der Waals surface area contributed by atoms with Gasteiger partial charge < -0.3 is 9.80 Å². The number of hydrogen-bond donors (Lipinski definition) is 0. The first-order valence-electron chi connectivity index (χ1n) is 6.21. The third-order valence-corrected chi connectivity index (χ3v) is 3.28. The molecule has 1 aromatic rings. The minimum absolute atomic E-state index is 0.0340. The highest BCUT2D eigenvalue weighted by atomic mass is 16.6. The molecule has 1 aliphatic heterocycles. The van der Waals surface area contributed by atoms with Crippen molar-refractivity contribution < 1.29 is 4.92 Å². The van der Waals surface area contributed by atoms with Gasteiger partial charge in [-0.25, -0.2) is 4.98 Å². The van der Waals surface area contributed by atoms with E-state index in [1.165, 1.54) is 38.2 Å². The second-order valence-corrected chi connectivity index (χ2v) is 4.60. The number of hydrogen-bond acceptors (Lipinski definition) is 5. The Morgan fingerprint density at radius 1 is 1.44 bits per heavy atom. The van der Waals surface area contributed by atoms with Crippen molar-refractivity contribution in [1.29, 1.82) is 0 Å². The molecule has 2 heterocycles. The van der Waals surface area contributed by atoms with Gasteiger partial charge in [0.1, 0.15) is 12.0 Å². The maximum atomic E-state index is 10.5. The molecular weight excluding hydrogens is 232 g/mol. The molecule has 0 spiro atoms. The van der Waals surface area contributed by atoms with Crippen LogP contribution in [0.15, 0.2) is 18.3 Å². The maximum Gasteiger partial charge on any atom is 0.287 e. The second-order valence-electron chi connectivity index (χ2n) is 4.60. The number of likely N-dealkylation sites (tertiary alicyclic amines) is 1. The lowest BCUT2D eigenvalue weighted by Gasteiger charge is -2.22. The standard InChI is InChI=1S/C12H18N4O2/c1-14(8-9-15-6-2-3-7-15)12-5-4-11(10-13-12)16(17)18/h4-5,10H,2-3,6-9H2,1H3. The van der Waals surface area contributed by atoms with Crippen molar-refractivity contribution in [3.05, 3.63) is 28.4 Å². The summed E-state index contributed by atoms with van der Waals surface area (Å²) in [6.45, 7) is 4.28. The molecule has 2 rings (SSSR count). The minimum atomic E-state index is -0.430. The van der Waals surface area contributed by atoms with E-state index in [1.54, 1.807) is 6.07 Å². The van der Waals surface area contributed by atoms with Gasteiger partial charge in [0, 0.05) is 26.2 Å². The van der Waals surface area contributed by atoms with Gasteiger partial charge >= 0.3 is 0 Å². The zero-order valence-corrected chi connectivity index (χ0v) is 10.6. The van der Waals surface area contributed by atoms with Crippen molar-refractivity contribution in [3.63, 3.8) is 0 Å². The number of pyridine rings is 1. The quantitative estimate of drug-likeness (QED) is 0.585. The molecule has 0 unspecified atom stereocenters. The molecular formula is C12H18N4O2. The van der Waals surface area contributed by atoms with Crippen molar-refractivity contribution in [2.24, 2.45) is 0 Å². The summed E-state index contributed by atoms with van der Waals surface area (Å²) < 4.78 is 0. The molecule has 0 radical (unpaired) electrons. The number of nitrogens with zero attached hydrogens (tertiary/aromatic N) is 4. The topological polar surface area (TPSA) is 62.5 Å². The van der Waals surface area contributed by atoms with E-state index in [2.05, 4.69) is 9.88 Å². The summed E-state index contributed by atoms with van der Waals surface area (Å²) in [5.41, 5.74) is 0.0340. The lowest BCUT2D eigenvalue weighted by molar-refractivity contribution is -0.385. The summed E-state index contributed by atoms with van der Waals surface area (Å²) in [6, 6.07) is 3.19. The van der Waals surface area contributed by atoms with E-state index in [4.69, 9.17) is 0 Å². The van der Waals surface area contributed by atoms with Gasteiger partial charge in [0.05, 0.1) is 4.92 Å². The lowest BCUT2D eigenvalue weighted by Crippen LogP contribution is -2.31. The van der Waals surface area contributed by atoms with Gasteiger partial charge in [-0.3, -0.25) is 10.1 Å². The fraction of sp³-hybridized carbons (Fsp3) is 0.583. The van der Waals surface area contributed by atoms with Gasteiger partial charge in [-0.1, -0.05) is 0 Å². The second kappa shape index (κ2) is 5.77. The molecule has 18 heavy (non-hydrogen) atoms. The first kappa shape index (κ1) is 12.8. The van der Waals surface area contributed by atoms with Gasteiger partial charge in [0.25, 0.3) is 5.69 Å². The Hall–Kier alpha value is -1.69. The van der Waals surface area contributed by atoms with Crippen LogP contribution in [0.1, 0.15) is 12.8 Å². The molecule has 0 bridgehead atoms. The maximum absolute atomic E-state index is 10.5. The predicted molar refractivity (Wildman–Crippen MR) is 69.8 cm³/mol. The van der Waals surface area contributed by atoms with Crippen molar-refractivity contribution in [1.82, 2.24) is 9.88 Å². The molecule has 1 aliphatic rings. The summed E-state index contributed by atoms with van der Waals surface area (Å²) in [5.74, 6) is 0.778. The largest absolute Gasteiger partial charge is 0.358 e. The van der Waals surface area contributed by atoms with Gasteiger partial charge in [-0.15, -0.1) is 0 Å². The molecule has 0 amide bonds. The Morgan fingerprint density at radius 3 is 2.72 bits per heavy atom. The summed E-state index contributed by atoms with van der Waals surface area (Å²) in [6.07, 6.45) is 3.89. The van der Waals surface area contributed by atoms with Crippen LogP contribution in [0.4, 0.5) is 11.5 Å². The number of likely N-dealkylation sites (N-methyl/N-ethyl adjacent to an activating group) is 1. The summed E-state index contributed by atoms with van der Waals surface area (Å²) >= 11 is 0. The molecule has 1 saturated heterocycles. The Balaban J connectivity index is 1.87. The van der Waals surface area contributed by atoms with Crippen LogP contribution in [0, 0.1) is 10.1 Å². The van der Waals surface area contributed by atoms with Crippen molar-refractivity contribution >= 4 is 11.5 Å². The van der Waals surface area contributed by atoms with Crippen LogP contribution in [0.5, 0.6) is 0 Å². The van der Waals surface area contributed by atoms with Gasteiger partial charge in [-0.2, -0.15) is 0 Å². The number of aromatic nitrogens is 1. The fourth-order valence-electron chi connectivity index (χ4n) is 2.12. The van der Waals surface area contributed by atoms with Crippen LogP contribution < -0.4 is 4.90 Å². The molecule has 6 heteroatoms. The molecule has 0 aromatic carbocycles. The Morgan fingerprint density at radius 2 is 2.17 bits per heavy atom. The van der Waals surface area contributed by atoms with Crippen LogP contribution in [0.25, 0.3) is 0 Å². The van der Waals surface area contributed by atoms with Crippen LogP contribution in [0.3, 0.4) is 0 Å². The highest BCUT2D eigenvalue weighted by molar-refractivity contribution is 5.42. The van der Waals surface area contributed by atoms with Crippen LogP contribution in [-0.2, 0) is 0 Å². The number of anilines is 1. The van der Waals surface area contributed by atoms with E-state index in [-0.39, 0.29) is 5.69 Å². The Bertz CT molecular complexity index is 401. The molecule has 1 aromatic heterocycles. The van der Waals surface area contributed by atoms with Gasteiger partial charge in [0.15, 0.2) is 0 Å².